The lowest BCUT2D eigenvalue weighted by Gasteiger charge is -2.46. The van der Waals surface area contributed by atoms with Crippen molar-refractivity contribution >= 4 is 11.6 Å². The first-order valence-corrected chi connectivity index (χ1v) is 6.34. The summed E-state index contributed by atoms with van der Waals surface area (Å²) in [6.45, 7) is 8.83. The van der Waals surface area contributed by atoms with Crippen molar-refractivity contribution in [2.75, 3.05) is 31.6 Å². The van der Waals surface area contributed by atoms with Crippen LogP contribution in [-0.2, 0) is 0 Å². The third-order valence-corrected chi connectivity index (χ3v) is 3.78. The molecule has 0 atom stereocenters. The quantitative estimate of drug-likeness (QED) is 0.747. The molecule has 4 nitrogen and oxygen atoms in total. The van der Waals surface area contributed by atoms with Gasteiger partial charge in [-0.3, -0.25) is 9.69 Å². The molecule has 1 aromatic heterocycles. The van der Waals surface area contributed by atoms with E-state index < -0.39 is 0 Å². The first kappa shape index (κ1) is 13.0. The Hall–Kier alpha value is -1.42. The van der Waals surface area contributed by atoms with Crippen molar-refractivity contribution < 1.29 is 4.79 Å². The minimum Gasteiger partial charge on any atom is -0.353 e. The molecule has 0 aliphatic carbocycles. The zero-order chi connectivity index (χ0) is 13.3. The van der Waals surface area contributed by atoms with Crippen molar-refractivity contribution in [3.63, 3.8) is 0 Å². The number of rotatable bonds is 2. The van der Waals surface area contributed by atoms with E-state index in [9.17, 15) is 4.79 Å². The maximum absolute atomic E-state index is 11.7. The summed E-state index contributed by atoms with van der Waals surface area (Å²) in [6.07, 6.45) is 1.76. The minimum absolute atomic E-state index is 0.0786. The Kier molecular flexibility index (Phi) is 3.39. The fourth-order valence-electron chi connectivity index (χ4n) is 2.34. The second-order valence-electron chi connectivity index (χ2n) is 5.59. The SMILES string of the molecule is CC(=O)c1cccnc1N1CCN(C)C(C)(C)C1. The third-order valence-electron chi connectivity index (χ3n) is 3.78. The lowest BCUT2D eigenvalue weighted by atomic mass is 9.99. The smallest absolute Gasteiger partial charge is 0.163 e. The van der Waals surface area contributed by atoms with Crippen LogP contribution in [0, 0.1) is 0 Å². The molecule has 18 heavy (non-hydrogen) atoms. The van der Waals surface area contributed by atoms with Gasteiger partial charge >= 0.3 is 0 Å². The van der Waals surface area contributed by atoms with Gasteiger partial charge in [-0.2, -0.15) is 0 Å². The van der Waals surface area contributed by atoms with Crippen LogP contribution in [0.2, 0.25) is 0 Å². The fourth-order valence-corrected chi connectivity index (χ4v) is 2.34. The lowest BCUT2D eigenvalue weighted by molar-refractivity contribution is 0.101. The number of hydrogen-bond donors (Lipinski definition) is 0. The molecule has 0 aromatic carbocycles. The molecule has 0 amide bonds. The number of carbonyl (C=O) groups is 1. The summed E-state index contributed by atoms with van der Waals surface area (Å²) < 4.78 is 0. The molecule has 1 aliphatic rings. The average molecular weight is 247 g/mol. The fraction of sp³-hybridized carbons (Fsp3) is 0.571. The van der Waals surface area contributed by atoms with Crippen LogP contribution in [0.3, 0.4) is 0 Å². The van der Waals surface area contributed by atoms with Crippen LogP contribution < -0.4 is 4.90 Å². The van der Waals surface area contributed by atoms with Crippen LogP contribution in [0.15, 0.2) is 18.3 Å². The van der Waals surface area contributed by atoms with Gasteiger partial charge in [-0.25, -0.2) is 4.98 Å². The Bertz CT molecular complexity index is 456. The molecule has 1 aliphatic heterocycles. The predicted octanol–water partition coefficient (Wildman–Crippen LogP) is 1.81. The molecule has 98 valence electrons. The first-order chi connectivity index (χ1) is 8.42. The van der Waals surface area contributed by atoms with E-state index >= 15 is 0 Å². The van der Waals surface area contributed by atoms with Crippen molar-refractivity contribution in [3.8, 4) is 0 Å². The van der Waals surface area contributed by atoms with Crippen molar-refractivity contribution in [3.05, 3.63) is 23.9 Å². The van der Waals surface area contributed by atoms with Crippen LogP contribution in [0.25, 0.3) is 0 Å². The monoisotopic (exact) mass is 247 g/mol. The van der Waals surface area contributed by atoms with E-state index in [0.717, 1.165) is 31.0 Å². The molecule has 1 saturated heterocycles. The molecular formula is C14H21N3O. The number of pyridine rings is 1. The zero-order valence-electron chi connectivity index (χ0n) is 11.6. The van der Waals surface area contributed by atoms with Crippen molar-refractivity contribution in [2.24, 2.45) is 0 Å². The Morgan fingerprint density at radius 1 is 1.39 bits per heavy atom. The van der Waals surface area contributed by atoms with Crippen LogP contribution in [0.5, 0.6) is 0 Å². The second kappa shape index (κ2) is 4.69. The number of ketones is 1. The minimum atomic E-state index is 0.0786. The summed E-state index contributed by atoms with van der Waals surface area (Å²) in [5.74, 6) is 0.904. The lowest BCUT2D eigenvalue weighted by Crippen LogP contribution is -2.58. The van der Waals surface area contributed by atoms with Crippen molar-refractivity contribution in [1.82, 2.24) is 9.88 Å². The highest BCUT2D eigenvalue weighted by Crippen LogP contribution is 2.25. The maximum atomic E-state index is 11.7. The van der Waals surface area contributed by atoms with Gasteiger partial charge in [0.1, 0.15) is 5.82 Å². The molecule has 0 unspecified atom stereocenters. The maximum Gasteiger partial charge on any atom is 0.163 e. The average Bonchev–Trinajstić information content (AvgIpc) is 2.32. The number of nitrogens with zero attached hydrogens (tertiary/aromatic N) is 3. The van der Waals surface area contributed by atoms with Gasteiger partial charge < -0.3 is 4.90 Å². The van der Waals surface area contributed by atoms with E-state index in [1.54, 1.807) is 13.1 Å². The van der Waals surface area contributed by atoms with Gasteiger partial charge in [0, 0.05) is 31.4 Å². The summed E-state index contributed by atoms with van der Waals surface area (Å²) >= 11 is 0. The Morgan fingerprint density at radius 2 is 2.11 bits per heavy atom. The standard InChI is InChI=1S/C14H21N3O/c1-11(18)12-6-5-7-15-13(12)17-9-8-16(4)14(2,3)10-17/h5-7H,8-10H2,1-4H3. The molecule has 2 rings (SSSR count). The summed E-state index contributed by atoms with van der Waals surface area (Å²) in [7, 11) is 2.14. The van der Waals surface area contributed by atoms with Gasteiger partial charge in [0.2, 0.25) is 0 Å². The molecule has 0 N–H and O–H groups in total. The van der Waals surface area contributed by atoms with E-state index in [1.165, 1.54) is 0 Å². The van der Waals surface area contributed by atoms with Gasteiger partial charge in [-0.1, -0.05) is 0 Å². The summed E-state index contributed by atoms with van der Waals surface area (Å²) in [4.78, 5) is 20.6. The Balaban J connectivity index is 2.30. The molecule has 0 bridgehead atoms. The van der Waals surface area contributed by atoms with Gasteiger partial charge in [-0.15, -0.1) is 0 Å². The Morgan fingerprint density at radius 3 is 2.72 bits per heavy atom. The summed E-state index contributed by atoms with van der Waals surface area (Å²) in [5.41, 5.74) is 0.821. The van der Waals surface area contributed by atoms with Gasteiger partial charge in [-0.05, 0) is 40.0 Å². The van der Waals surface area contributed by atoms with Crippen molar-refractivity contribution in [2.45, 2.75) is 26.3 Å². The number of anilines is 1. The molecular weight excluding hydrogens is 226 g/mol. The molecule has 0 radical (unpaired) electrons. The van der Waals surface area contributed by atoms with Crippen molar-refractivity contribution in [1.29, 1.82) is 0 Å². The molecule has 2 heterocycles. The number of likely N-dealkylation sites (N-methyl/N-ethyl adjacent to an activating group) is 1. The van der Waals surface area contributed by atoms with E-state index in [0.29, 0.717) is 0 Å². The summed E-state index contributed by atoms with van der Waals surface area (Å²) in [5, 5.41) is 0. The normalized spacial score (nSPS) is 19.9. The van der Waals surface area contributed by atoms with E-state index in [2.05, 4.69) is 35.7 Å². The highest BCUT2D eigenvalue weighted by atomic mass is 16.1. The first-order valence-electron chi connectivity index (χ1n) is 6.34. The number of piperazine rings is 1. The topological polar surface area (TPSA) is 36.4 Å². The molecule has 4 heteroatoms. The number of aromatic nitrogens is 1. The van der Waals surface area contributed by atoms with E-state index in [1.807, 2.05) is 12.1 Å². The van der Waals surface area contributed by atoms with Crippen LogP contribution >= 0.6 is 0 Å². The molecule has 1 fully saturated rings. The highest BCUT2D eigenvalue weighted by Gasteiger charge is 2.32. The molecule has 0 saturated carbocycles. The number of hydrogen-bond acceptors (Lipinski definition) is 4. The largest absolute Gasteiger partial charge is 0.353 e. The highest BCUT2D eigenvalue weighted by molar-refractivity contribution is 5.98. The van der Waals surface area contributed by atoms with E-state index in [-0.39, 0.29) is 11.3 Å². The van der Waals surface area contributed by atoms with Crippen LogP contribution in [-0.4, -0.2) is 47.9 Å². The van der Waals surface area contributed by atoms with Gasteiger partial charge in [0.05, 0.1) is 5.56 Å². The molecule has 1 aromatic rings. The Labute approximate surface area is 109 Å². The summed E-state index contributed by atoms with van der Waals surface area (Å²) in [6, 6.07) is 3.68. The molecule has 0 spiro atoms. The van der Waals surface area contributed by atoms with E-state index in [4.69, 9.17) is 0 Å². The van der Waals surface area contributed by atoms with Crippen LogP contribution in [0.1, 0.15) is 31.1 Å². The van der Waals surface area contributed by atoms with Crippen LogP contribution in [0.4, 0.5) is 5.82 Å². The van der Waals surface area contributed by atoms with Gasteiger partial charge in [0.15, 0.2) is 5.78 Å². The second-order valence-corrected chi connectivity index (χ2v) is 5.59. The predicted molar refractivity (Wildman–Crippen MR) is 73.2 cm³/mol. The van der Waals surface area contributed by atoms with Gasteiger partial charge in [0.25, 0.3) is 0 Å². The number of carbonyl (C=O) groups excluding carboxylic acids is 1. The number of Topliss-reactive ketones (excluding diaryl/α,β-unsaturated/α-hetero) is 1. The zero-order valence-corrected chi connectivity index (χ0v) is 11.6. The third kappa shape index (κ3) is 2.38.